The molecule has 6 nitrogen and oxygen atoms in total. The number of aromatic carboxylic acids is 1. The van der Waals surface area contributed by atoms with Gasteiger partial charge in [0.25, 0.3) is 5.91 Å². The van der Waals surface area contributed by atoms with Gasteiger partial charge < -0.3 is 9.67 Å². The maximum Gasteiger partial charge on any atom is 0.337 e. The summed E-state index contributed by atoms with van der Waals surface area (Å²) in [6, 6.07) is 15.9. The third-order valence-electron chi connectivity index (χ3n) is 5.64. The van der Waals surface area contributed by atoms with Gasteiger partial charge in [0.05, 0.1) is 22.9 Å². The second kappa shape index (κ2) is 7.22. The summed E-state index contributed by atoms with van der Waals surface area (Å²) in [5.74, 6) is -1.52. The van der Waals surface area contributed by atoms with Crippen LogP contribution in [0.15, 0.2) is 54.6 Å². The number of carbonyl (C=O) groups excluding carboxylic acids is 1. The minimum Gasteiger partial charge on any atom is -0.478 e. The molecule has 0 radical (unpaired) electrons. The van der Waals surface area contributed by atoms with E-state index in [4.69, 9.17) is 0 Å². The number of rotatable bonds is 4. The van der Waals surface area contributed by atoms with Crippen LogP contribution in [0.25, 0.3) is 5.69 Å². The zero-order valence-corrected chi connectivity index (χ0v) is 16.3. The molecule has 1 heterocycles. The fourth-order valence-electron chi connectivity index (χ4n) is 4.25. The van der Waals surface area contributed by atoms with Gasteiger partial charge in [0.15, 0.2) is 0 Å². The molecule has 4 rings (SSSR count). The van der Waals surface area contributed by atoms with Gasteiger partial charge in [-0.1, -0.05) is 36.4 Å². The van der Waals surface area contributed by atoms with Crippen LogP contribution in [0.2, 0.25) is 0 Å². The lowest BCUT2D eigenvalue weighted by atomic mass is 10.1. The Bertz CT molecular complexity index is 1120. The van der Waals surface area contributed by atoms with Crippen molar-refractivity contribution in [1.82, 2.24) is 9.63 Å². The Morgan fingerprint density at radius 2 is 1.72 bits per heavy atom. The molecule has 0 saturated heterocycles. The maximum absolute atomic E-state index is 13.2. The first-order valence-electron chi connectivity index (χ1n) is 9.52. The molecule has 0 bridgehead atoms. The lowest BCUT2D eigenvalue weighted by Crippen LogP contribution is -2.31. The Balaban J connectivity index is 1.75. The van der Waals surface area contributed by atoms with Gasteiger partial charge in [-0.25, -0.2) is 9.86 Å². The Kier molecular flexibility index (Phi) is 4.72. The highest BCUT2D eigenvalue weighted by atomic mass is 16.5. The number of hydrogen-bond donors (Lipinski definition) is 2. The highest BCUT2D eigenvalue weighted by molar-refractivity contribution is 5.98. The SMILES string of the molecule is Cc1cc(C(=O)O)c(C)n1-c1ccccc1C(=O)N(O)C1CCc2ccccc21. The normalized spacial score (nSPS) is 15.2. The van der Waals surface area contributed by atoms with E-state index in [2.05, 4.69) is 0 Å². The Morgan fingerprint density at radius 1 is 1.03 bits per heavy atom. The highest BCUT2D eigenvalue weighted by Gasteiger charge is 2.32. The summed E-state index contributed by atoms with van der Waals surface area (Å²) >= 11 is 0. The van der Waals surface area contributed by atoms with Crippen LogP contribution < -0.4 is 0 Å². The van der Waals surface area contributed by atoms with E-state index in [-0.39, 0.29) is 5.56 Å². The van der Waals surface area contributed by atoms with Crippen LogP contribution in [0.4, 0.5) is 0 Å². The Morgan fingerprint density at radius 3 is 2.45 bits per heavy atom. The smallest absolute Gasteiger partial charge is 0.337 e. The quantitative estimate of drug-likeness (QED) is 0.514. The van der Waals surface area contributed by atoms with Crippen molar-refractivity contribution < 1.29 is 19.9 Å². The van der Waals surface area contributed by atoms with Gasteiger partial charge >= 0.3 is 5.97 Å². The molecular formula is C23H22N2O4. The fourth-order valence-corrected chi connectivity index (χ4v) is 4.25. The molecule has 0 fully saturated rings. The van der Waals surface area contributed by atoms with E-state index in [1.54, 1.807) is 48.7 Å². The molecule has 6 heteroatoms. The van der Waals surface area contributed by atoms with Gasteiger partial charge in [-0.15, -0.1) is 0 Å². The van der Waals surface area contributed by atoms with Crippen molar-refractivity contribution >= 4 is 11.9 Å². The molecule has 1 atom stereocenters. The molecule has 2 N–H and O–H groups in total. The number of fused-ring (bicyclic) bond motifs is 1. The van der Waals surface area contributed by atoms with Gasteiger partial charge in [-0.2, -0.15) is 0 Å². The molecule has 1 aliphatic carbocycles. The Hall–Kier alpha value is -3.38. The van der Waals surface area contributed by atoms with E-state index in [0.717, 1.165) is 22.6 Å². The second-order valence-corrected chi connectivity index (χ2v) is 7.35. The lowest BCUT2D eigenvalue weighted by Gasteiger charge is -2.24. The third kappa shape index (κ3) is 3.11. The van der Waals surface area contributed by atoms with Crippen molar-refractivity contribution in [2.24, 2.45) is 0 Å². The van der Waals surface area contributed by atoms with Gasteiger partial charge in [-0.05, 0) is 56.0 Å². The van der Waals surface area contributed by atoms with E-state index in [9.17, 15) is 19.9 Å². The van der Waals surface area contributed by atoms with Crippen molar-refractivity contribution in [2.45, 2.75) is 32.7 Å². The summed E-state index contributed by atoms with van der Waals surface area (Å²) in [6.45, 7) is 3.51. The van der Waals surface area contributed by atoms with Crippen LogP contribution in [-0.2, 0) is 6.42 Å². The maximum atomic E-state index is 13.2. The molecule has 0 aliphatic heterocycles. The molecule has 29 heavy (non-hydrogen) atoms. The van der Waals surface area contributed by atoms with Crippen LogP contribution in [0.1, 0.15) is 55.7 Å². The van der Waals surface area contributed by atoms with Crippen LogP contribution in [0.5, 0.6) is 0 Å². The van der Waals surface area contributed by atoms with Crippen LogP contribution >= 0.6 is 0 Å². The zero-order valence-electron chi connectivity index (χ0n) is 16.3. The van der Waals surface area contributed by atoms with Crippen LogP contribution in [0.3, 0.4) is 0 Å². The molecule has 1 aliphatic rings. The molecule has 0 spiro atoms. The first kappa shape index (κ1) is 19.0. The number of carboxylic acid groups (broad SMARTS) is 1. The first-order valence-corrected chi connectivity index (χ1v) is 9.52. The summed E-state index contributed by atoms with van der Waals surface area (Å²) in [4.78, 5) is 24.8. The van der Waals surface area contributed by atoms with Crippen molar-refractivity contribution in [1.29, 1.82) is 0 Å². The molecule has 0 saturated carbocycles. The Labute approximate surface area is 168 Å². The van der Waals surface area contributed by atoms with E-state index < -0.39 is 17.9 Å². The van der Waals surface area contributed by atoms with E-state index in [1.807, 2.05) is 24.3 Å². The van der Waals surface area contributed by atoms with Crippen LogP contribution in [-0.4, -0.2) is 31.8 Å². The summed E-state index contributed by atoms with van der Waals surface area (Å²) in [5.41, 5.74) is 4.39. The number of aryl methyl sites for hydroxylation is 2. The number of aromatic nitrogens is 1. The number of amides is 1. The monoisotopic (exact) mass is 390 g/mol. The molecule has 3 aromatic rings. The van der Waals surface area contributed by atoms with Gasteiger partial charge in [-0.3, -0.25) is 10.0 Å². The molecule has 1 unspecified atom stereocenters. The van der Waals surface area contributed by atoms with E-state index in [1.165, 1.54) is 0 Å². The minimum absolute atomic E-state index is 0.190. The number of hydrogen-bond acceptors (Lipinski definition) is 3. The second-order valence-electron chi connectivity index (χ2n) is 7.35. The van der Waals surface area contributed by atoms with Crippen LogP contribution in [0, 0.1) is 13.8 Å². The fraction of sp³-hybridized carbons (Fsp3) is 0.217. The summed E-state index contributed by atoms with van der Waals surface area (Å²) in [7, 11) is 0. The predicted molar refractivity (Wildman–Crippen MR) is 108 cm³/mol. The molecule has 1 aromatic heterocycles. The van der Waals surface area contributed by atoms with Crippen molar-refractivity contribution in [2.75, 3.05) is 0 Å². The average Bonchev–Trinajstić information content (AvgIpc) is 3.27. The molecule has 1 amide bonds. The predicted octanol–water partition coefficient (Wildman–Crippen LogP) is 4.31. The molecule has 2 aromatic carbocycles. The topological polar surface area (TPSA) is 82.8 Å². The van der Waals surface area contributed by atoms with Gasteiger partial charge in [0.2, 0.25) is 0 Å². The summed E-state index contributed by atoms with van der Waals surface area (Å²) < 4.78 is 1.74. The van der Waals surface area contributed by atoms with Gasteiger partial charge in [0, 0.05) is 11.4 Å². The lowest BCUT2D eigenvalue weighted by molar-refractivity contribution is -0.0895. The van der Waals surface area contributed by atoms with Gasteiger partial charge in [0.1, 0.15) is 0 Å². The van der Waals surface area contributed by atoms with Crippen molar-refractivity contribution in [3.05, 3.63) is 88.2 Å². The average molecular weight is 390 g/mol. The standard InChI is InChI=1S/C23H22N2O4/c1-14-13-19(23(27)28)15(2)24(14)20-10-6-5-9-18(20)22(26)25(29)21-12-11-16-7-3-4-8-17(16)21/h3-10,13,21,29H,11-12H2,1-2H3,(H,27,28). The number of carbonyl (C=O) groups is 2. The minimum atomic E-state index is -1.01. The molecular weight excluding hydrogens is 368 g/mol. The third-order valence-corrected chi connectivity index (χ3v) is 5.64. The summed E-state index contributed by atoms with van der Waals surface area (Å²) in [5, 5.41) is 21.0. The number of para-hydroxylation sites is 1. The summed E-state index contributed by atoms with van der Waals surface area (Å²) in [6.07, 6.45) is 1.47. The van der Waals surface area contributed by atoms with E-state index >= 15 is 0 Å². The number of hydroxylamine groups is 2. The van der Waals surface area contributed by atoms with E-state index in [0.29, 0.717) is 29.1 Å². The zero-order chi connectivity index (χ0) is 20.7. The largest absolute Gasteiger partial charge is 0.478 e. The van der Waals surface area contributed by atoms with Crippen molar-refractivity contribution in [3.63, 3.8) is 0 Å². The number of nitrogens with zero attached hydrogens (tertiary/aromatic N) is 2. The molecule has 148 valence electrons. The first-order chi connectivity index (χ1) is 13.9. The number of benzene rings is 2. The highest BCUT2D eigenvalue weighted by Crippen LogP contribution is 2.36. The van der Waals surface area contributed by atoms with Crippen molar-refractivity contribution in [3.8, 4) is 5.69 Å². The number of carboxylic acids is 1.